The Balaban J connectivity index is 1.94. The fourth-order valence-electron chi connectivity index (χ4n) is 2.00. The quantitative estimate of drug-likeness (QED) is 0.647. The lowest BCUT2D eigenvalue weighted by atomic mass is 10.00. The third-order valence-corrected chi connectivity index (χ3v) is 3.28. The van der Waals surface area contributed by atoms with Crippen LogP contribution in [-0.2, 0) is 0 Å². The molecule has 0 bridgehead atoms. The molecule has 0 aromatic carbocycles. The molecule has 98 valence electrons. The van der Waals surface area contributed by atoms with E-state index in [1.54, 1.807) is 0 Å². The Morgan fingerprint density at radius 2 is 2.50 bits per heavy atom. The molecule has 0 amide bonds. The Hall–Kier alpha value is -1.40. The van der Waals surface area contributed by atoms with Gasteiger partial charge in [-0.05, 0) is 31.8 Å². The monoisotopic (exact) mass is 270 g/mol. The van der Waals surface area contributed by atoms with E-state index in [2.05, 4.69) is 15.6 Å². The van der Waals surface area contributed by atoms with Gasteiger partial charge in [-0.3, -0.25) is 10.1 Å². The number of anilines is 1. The Labute approximate surface area is 110 Å². The average Bonchev–Trinajstić information content (AvgIpc) is 2.38. The second-order valence-electron chi connectivity index (χ2n) is 4.37. The second-order valence-corrected chi connectivity index (χ2v) is 4.78. The molecular weight excluding hydrogens is 256 g/mol. The SMILES string of the molecule is O=[N+]([O-])c1cnc(NCC2CCCNC2)c(Cl)c1. The van der Waals surface area contributed by atoms with Crippen molar-refractivity contribution in [3.8, 4) is 0 Å². The van der Waals surface area contributed by atoms with Crippen LogP contribution in [0.2, 0.25) is 5.02 Å². The van der Waals surface area contributed by atoms with Crippen LogP contribution in [0.1, 0.15) is 12.8 Å². The molecule has 2 heterocycles. The lowest BCUT2D eigenvalue weighted by Gasteiger charge is -2.23. The molecule has 1 aromatic heterocycles. The number of nitrogens with one attached hydrogen (secondary N) is 2. The molecule has 0 spiro atoms. The van der Waals surface area contributed by atoms with Gasteiger partial charge in [0.2, 0.25) is 0 Å². The summed E-state index contributed by atoms with van der Waals surface area (Å²) in [5.74, 6) is 1.06. The van der Waals surface area contributed by atoms with Crippen molar-refractivity contribution in [2.75, 3.05) is 25.0 Å². The maximum absolute atomic E-state index is 10.5. The van der Waals surface area contributed by atoms with Crippen molar-refractivity contribution in [1.82, 2.24) is 10.3 Å². The first-order valence-corrected chi connectivity index (χ1v) is 6.29. The number of rotatable bonds is 4. The Morgan fingerprint density at radius 1 is 1.67 bits per heavy atom. The van der Waals surface area contributed by atoms with Crippen LogP contribution < -0.4 is 10.6 Å². The first-order valence-electron chi connectivity index (χ1n) is 5.91. The maximum atomic E-state index is 10.5. The van der Waals surface area contributed by atoms with Crippen LogP contribution in [0.4, 0.5) is 11.5 Å². The number of aromatic nitrogens is 1. The number of pyridine rings is 1. The average molecular weight is 271 g/mol. The zero-order valence-corrected chi connectivity index (χ0v) is 10.6. The van der Waals surface area contributed by atoms with Crippen LogP contribution >= 0.6 is 11.6 Å². The third-order valence-electron chi connectivity index (χ3n) is 2.99. The van der Waals surface area contributed by atoms with Gasteiger partial charge in [0, 0.05) is 12.6 Å². The molecule has 2 N–H and O–H groups in total. The number of hydrogen-bond acceptors (Lipinski definition) is 5. The minimum Gasteiger partial charge on any atom is -0.369 e. The highest BCUT2D eigenvalue weighted by atomic mass is 35.5. The Morgan fingerprint density at radius 3 is 3.11 bits per heavy atom. The van der Waals surface area contributed by atoms with Gasteiger partial charge < -0.3 is 10.6 Å². The van der Waals surface area contributed by atoms with Gasteiger partial charge in [-0.15, -0.1) is 0 Å². The molecule has 1 unspecified atom stereocenters. The van der Waals surface area contributed by atoms with E-state index < -0.39 is 4.92 Å². The summed E-state index contributed by atoms with van der Waals surface area (Å²) < 4.78 is 0. The van der Waals surface area contributed by atoms with Gasteiger partial charge in [-0.1, -0.05) is 11.6 Å². The first kappa shape index (κ1) is 13.0. The molecule has 2 rings (SSSR count). The van der Waals surface area contributed by atoms with E-state index in [0.717, 1.165) is 19.6 Å². The first-order chi connectivity index (χ1) is 8.66. The van der Waals surface area contributed by atoms with Gasteiger partial charge in [-0.25, -0.2) is 4.98 Å². The van der Waals surface area contributed by atoms with Gasteiger partial charge in [0.1, 0.15) is 12.0 Å². The second kappa shape index (κ2) is 5.97. The van der Waals surface area contributed by atoms with Crippen molar-refractivity contribution in [2.45, 2.75) is 12.8 Å². The fraction of sp³-hybridized carbons (Fsp3) is 0.545. The zero-order chi connectivity index (χ0) is 13.0. The number of piperidine rings is 1. The van der Waals surface area contributed by atoms with Crippen LogP contribution in [0.5, 0.6) is 0 Å². The van der Waals surface area contributed by atoms with Crippen molar-refractivity contribution in [3.05, 3.63) is 27.4 Å². The minimum atomic E-state index is -0.506. The summed E-state index contributed by atoms with van der Waals surface area (Å²) in [6.07, 6.45) is 3.56. The maximum Gasteiger partial charge on any atom is 0.289 e. The molecule has 1 fully saturated rings. The molecule has 1 atom stereocenters. The van der Waals surface area contributed by atoms with E-state index in [9.17, 15) is 10.1 Å². The van der Waals surface area contributed by atoms with E-state index in [1.165, 1.54) is 25.1 Å². The van der Waals surface area contributed by atoms with E-state index in [-0.39, 0.29) is 10.7 Å². The van der Waals surface area contributed by atoms with E-state index in [0.29, 0.717) is 11.7 Å². The zero-order valence-electron chi connectivity index (χ0n) is 9.86. The van der Waals surface area contributed by atoms with Crippen molar-refractivity contribution < 1.29 is 4.92 Å². The normalized spacial score (nSPS) is 19.5. The number of nitrogens with zero attached hydrogens (tertiary/aromatic N) is 2. The summed E-state index contributed by atoms with van der Waals surface area (Å²) in [4.78, 5) is 14.0. The van der Waals surface area contributed by atoms with Crippen LogP contribution in [0, 0.1) is 16.0 Å². The molecule has 1 saturated heterocycles. The van der Waals surface area contributed by atoms with Crippen LogP contribution in [-0.4, -0.2) is 29.5 Å². The molecule has 1 aromatic rings. The topological polar surface area (TPSA) is 80.1 Å². The van der Waals surface area contributed by atoms with Crippen molar-refractivity contribution >= 4 is 23.1 Å². The summed E-state index contributed by atoms with van der Waals surface area (Å²) in [6, 6.07) is 1.32. The highest BCUT2D eigenvalue weighted by Gasteiger charge is 2.15. The van der Waals surface area contributed by atoms with Crippen molar-refractivity contribution in [2.24, 2.45) is 5.92 Å². The lowest BCUT2D eigenvalue weighted by molar-refractivity contribution is -0.385. The molecule has 0 aliphatic carbocycles. The van der Waals surface area contributed by atoms with E-state index >= 15 is 0 Å². The molecule has 1 aliphatic heterocycles. The molecular formula is C11H15ClN4O2. The summed E-state index contributed by atoms with van der Waals surface area (Å²) in [6.45, 7) is 2.84. The molecule has 0 radical (unpaired) electrons. The molecule has 0 saturated carbocycles. The fourth-order valence-corrected chi connectivity index (χ4v) is 2.22. The van der Waals surface area contributed by atoms with Crippen molar-refractivity contribution in [1.29, 1.82) is 0 Å². The molecule has 6 nitrogen and oxygen atoms in total. The van der Waals surface area contributed by atoms with Gasteiger partial charge in [-0.2, -0.15) is 0 Å². The van der Waals surface area contributed by atoms with Gasteiger partial charge in [0.05, 0.1) is 9.95 Å². The number of nitro groups is 1. The molecule has 1 aliphatic rings. The number of hydrogen-bond donors (Lipinski definition) is 2. The summed E-state index contributed by atoms with van der Waals surface area (Å²) in [5.41, 5.74) is -0.0927. The molecule has 18 heavy (non-hydrogen) atoms. The Bertz CT molecular complexity index is 435. The van der Waals surface area contributed by atoms with Crippen LogP contribution in [0.25, 0.3) is 0 Å². The van der Waals surface area contributed by atoms with E-state index in [1.807, 2.05) is 0 Å². The summed E-state index contributed by atoms with van der Waals surface area (Å²) in [7, 11) is 0. The number of halogens is 1. The predicted molar refractivity (Wildman–Crippen MR) is 70.0 cm³/mol. The van der Waals surface area contributed by atoms with E-state index in [4.69, 9.17) is 11.6 Å². The largest absolute Gasteiger partial charge is 0.369 e. The smallest absolute Gasteiger partial charge is 0.289 e. The summed E-state index contributed by atoms with van der Waals surface area (Å²) in [5, 5.41) is 17.3. The predicted octanol–water partition coefficient (Wildman–Crippen LogP) is 2.05. The van der Waals surface area contributed by atoms with Crippen LogP contribution in [0.15, 0.2) is 12.3 Å². The van der Waals surface area contributed by atoms with Gasteiger partial charge >= 0.3 is 0 Å². The Kier molecular flexibility index (Phi) is 4.33. The summed E-state index contributed by atoms with van der Waals surface area (Å²) >= 11 is 5.95. The standard InChI is InChI=1S/C11H15ClN4O2/c12-10-4-9(16(17)18)7-15-11(10)14-6-8-2-1-3-13-5-8/h4,7-8,13H,1-3,5-6H2,(H,14,15). The highest BCUT2D eigenvalue weighted by molar-refractivity contribution is 6.33. The van der Waals surface area contributed by atoms with Crippen molar-refractivity contribution in [3.63, 3.8) is 0 Å². The van der Waals surface area contributed by atoms with Gasteiger partial charge in [0.15, 0.2) is 0 Å². The third kappa shape index (κ3) is 3.30. The molecule has 7 heteroatoms. The lowest BCUT2D eigenvalue weighted by Crippen LogP contribution is -2.33. The minimum absolute atomic E-state index is 0.0927. The highest BCUT2D eigenvalue weighted by Crippen LogP contribution is 2.24. The van der Waals surface area contributed by atoms with Crippen LogP contribution in [0.3, 0.4) is 0 Å². The van der Waals surface area contributed by atoms with Gasteiger partial charge in [0.25, 0.3) is 5.69 Å².